The van der Waals surface area contributed by atoms with Crippen molar-refractivity contribution in [3.63, 3.8) is 0 Å². The van der Waals surface area contributed by atoms with Crippen LogP contribution in [0.2, 0.25) is 0 Å². The summed E-state index contributed by atoms with van der Waals surface area (Å²) in [5.74, 6) is -0.310. The molecule has 0 saturated carbocycles. The SMILES string of the molecule is CCC(CC)N(CC(F)(F)F)S(=O)(=O)c1cccnc1N. The average Bonchev–Trinajstić information content (AvgIpc) is 2.38. The molecule has 0 aromatic carbocycles. The van der Waals surface area contributed by atoms with Crippen LogP contribution in [0.4, 0.5) is 19.0 Å². The molecule has 0 aliphatic rings. The van der Waals surface area contributed by atoms with Crippen LogP contribution in [-0.2, 0) is 10.0 Å². The fourth-order valence-corrected chi connectivity index (χ4v) is 3.86. The summed E-state index contributed by atoms with van der Waals surface area (Å²) in [5.41, 5.74) is 5.49. The Balaban J connectivity index is 3.33. The first-order valence-corrected chi connectivity index (χ1v) is 7.86. The zero-order valence-corrected chi connectivity index (χ0v) is 12.6. The lowest BCUT2D eigenvalue weighted by molar-refractivity contribution is -0.139. The Morgan fingerprint density at radius 3 is 2.33 bits per heavy atom. The fourth-order valence-electron chi connectivity index (χ4n) is 2.03. The molecule has 1 aromatic heterocycles. The third-order valence-electron chi connectivity index (χ3n) is 3.07. The molecular weight excluding hydrogens is 307 g/mol. The minimum atomic E-state index is -4.63. The molecule has 21 heavy (non-hydrogen) atoms. The van der Waals surface area contributed by atoms with Crippen LogP contribution in [0.25, 0.3) is 0 Å². The zero-order valence-electron chi connectivity index (χ0n) is 11.8. The van der Waals surface area contributed by atoms with Crippen molar-refractivity contribution in [1.82, 2.24) is 9.29 Å². The summed E-state index contributed by atoms with van der Waals surface area (Å²) in [5, 5.41) is 0. The van der Waals surface area contributed by atoms with E-state index in [1.165, 1.54) is 12.3 Å². The molecule has 0 fully saturated rings. The largest absolute Gasteiger partial charge is 0.402 e. The fraction of sp³-hybridized carbons (Fsp3) is 0.583. The summed E-state index contributed by atoms with van der Waals surface area (Å²) in [4.78, 5) is 3.22. The first-order valence-electron chi connectivity index (χ1n) is 6.42. The smallest absolute Gasteiger partial charge is 0.383 e. The van der Waals surface area contributed by atoms with E-state index in [0.717, 1.165) is 6.07 Å². The maximum absolute atomic E-state index is 12.7. The third-order valence-corrected chi connectivity index (χ3v) is 5.02. The number of alkyl halides is 3. The summed E-state index contributed by atoms with van der Waals surface area (Å²) < 4.78 is 63.6. The van der Waals surface area contributed by atoms with Crippen molar-refractivity contribution in [3.05, 3.63) is 18.3 Å². The van der Waals surface area contributed by atoms with Gasteiger partial charge in [-0.2, -0.15) is 17.5 Å². The highest BCUT2D eigenvalue weighted by Crippen LogP contribution is 2.28. The van der Waals surface area contributed by atoms with Gasteiger partial charge < -0.3 is 5.73 Å². The molecular formula is C12H18F3N3O2S. The number of anilines is 1. The number of pyridine rings is 1. The van der Waals surface area contributed by atoms with Gasteiger partial charge in [-0.1, -0.05) is 13.8 Å². The van der Waals surface area contributed by atoms with E-state index in [0.29, 0.717) is 4.31 Å². The highest BCUT2D eigenvalue weighted by Gasteiger charge is 2.40. The number of rotatable bonds is 6. The summed E-state index contributed by atoms with van der Waals surface area (Å²) >= 11 is 0. The summed E-state index contributed by atoms with van der Waals surface area (Å²) in [7, 11) is -4.36. The van der Waals surface area contributed by atoms with E-state index in [4.69, 9.17) is 5.73 Å². The quantitative estimate of drug-likeness (QED) is 0.871. The van der Waals surface area contributed by atoms with Crippen molar-refractivity contribution in [2.75, 3.05) is 12.3 Å². The number of nitrogens with two attached hydrogens (primary N) is 1. The van der Waals surface area contributed by atoms with Crippen LogP contribution in [0, 0.1) is 0 Å². The molecule has 0 radical (unpaired) electrons. The van der Waals surface area contributed by atoms with Gasteiger partial charge in [0.05, 0.1) is 0 Å². The van der Waals surface area contributed by atoms with E-state index >= 15 is 0 Å². The van der Waals surface area contributed by atoms with Crippen molar-refractivity contribution in [2.45, 2.75) is 43.8 Å². The molecule has 0 atom stereocenters. The number of nitrogens with zero attached hydrogens (tertiary/aromatic N) is 2. The predicted octanol–water partition coefficient (Wildman–Crippen LogP) is 2.41. The monoisotopic (exact) mass is 325 g/mol. The molecule has 0 amide bonds. The minimum absolute atomic E-state index is 0.270. The number of sulfonamides is 1. The van der Waals surface area contributed by atoms with Crippen molar-refractivity contribution >= 4 is 15.8 Å². The van der Waals surface area contributed by atoms with Gasteiger partial charge in [-0.25, -0.2) is 13.4 Å². The Labute approximate surface area is 122 Å². The molecule has 0 saturated heterocycles. The molecule has 1 rings (SSSR count). The molecule has 9 heteroatoms. The molecule has 0 unspecified atom stereocenters. The van der Waals surface area contributed by atoms with Gasteiger partial charge >= 0.3 is 6.18 Å². The second-order valence-corrected chi connectivity index (χ2v) is 6.38. The highest BCUT2D eigenvalue weighted by atomic mass is 32.2. The van der Waals surface area contributed by atoms with Gasteiger partial charge in [0.25, 0.3) is 0 Å². The molecule has 1 aromatic rings. The van der Waals surface area contributed by atoms with Crippen LogP contribution < -0.4 is 5.73 Å². The molecule has 0 aliphatic carbocycles. The van der Waals surface area contributed by atoms with Gasteiger partial charge in [0.15, 0.2) is 0 Å². The van der Waals surface area contributed by atoms with Gasteiger partial charge in [0.1, 0.15) is 17.3 Å². The standard InChI is InChI=1S/C12H18F3N3O2S/c1-3-9(4-2)18(8-12(13,14)15)21(19,20)10-6-5-7-17-11(10)16/h5-7,9H,3-4,8H2,1-2H3,(H2,16,17). The van der Waals surface area contributed by atoms with E-state index in [2.05, 4.69) is 4.98 Å². The Morgan fingerprint density at radius 1 is 1.33 bits per heavy atom. The number of hydrogen-bond acceptors (Lipinski definition) is 4. The van der Waals surface area contributed by atoms with Crippen molar-refractivity contribution < 1.29 is 21.6 Å². The third kappa shape index (κ3) is 4.31. The maximum Gasteiger partial charge on any atom is 0.402 e. The van der Waals surface area contributed by atoms with E-state index < -0.39 is 33.7 Å². The molecule has 5 nitrogen and oxygen atoms in total. The first-order chi connectivity index (χ1) is 9.63. The maximum atomic E-state index is 12.7. The zero-order chi connectivity index (χ0) is 16.3. The van der Waals surface area contributed by atoms with Gasteiger partial charge in [0, 0.05) is 12.2 Å². The van der Waals surface area contributed by atoms with E-state index in [-0.39, 0.29) is 18.7 Å². The van der Waals surface area contributed by atoms with Crippen LogP contribution in [-0.4, -0.2) is 36.5 Å². The first kappa shape index (κ1) is 17.7. The van der Waals surface area contributed by atoms with Crippen molar-refractivity contribution in [1.29, 1.82) is 0 Å². The van der Waals surface area contributed by atoms with Crippen LogP contribution in [0.15, 0.2) is 23.2 Å². The number of halogens is 3. The molecule has 2 N–H and O–H groups in total. The number of nitrogen functional groups attached to an aromatic ring is 1. The summed E-state index contributed by atoms with van der Waals surface area (Å²) in [6, 6.07) is 1.72. The van der Waals surface area contributed by atoms with Crippen LogP contribution in [0.5, 0.6) is 0 Å². The molecule has 120 valence electrons. The minimum Gasteiger partial charge on any atom is -0.383 e. The van der Waals surface area contributed by atoms with Gasteiger partial charge in [-0.15, -0.1) is 0 Å². The topological polar surface area (TPSA) is 76.3 Å². The normalized spacial score (nSPS) is 13.1. The van der Waals surface area contributed by atoms with Crippen LogP contribution >= 0.6 is 0 Å². The molecule has 1 heterocycles. The lowest BCUT2D eigenvalue weighted by Gasteiger charge is -2.30. The second kappa shape index (κ2) is 6.61. The Morgan fingerprint density at radius 2 is 1.90 bits per heavy atom. The Hall–Kier alpha value is -1.35. The van der Waals surface area contributed by atoms with Gasteiger partial charge in [-0.05, 0) is 25.0 Å². The average molecular weight is 325 g/mol. The van der Waals surface area contributed by atoms with Crippen molar-refractivity contribution in [3.8, 4) is 0 Å². The Bertz CT molecular complexity index is 571. The van der Waals surface area contributed by atoms with E-state index in [9.17, 15) is 21.6 Å². The molecule has 0 aliphatic heterocycles. The van der Waals surface area contributed by atoms with Crippen LogP contribution in [0.1, 0.15) is 26.7 Å². The second-order valence-electron chi connectivity index (χ2n) is 4.52. The number of aromatic nitrogens is 1. The summed E-state index contributed by atoms with van der Waals surface area (Å²) in [6.07, 6.45) is -2.82. The van der Waals surface area contributed by atoms with E-state index in [1.54, 1.807) is 13.8 Å². The van der Waals surface area contributed by atoms with Crippen molar-refractivity contribution in [2.24, 2.45) is 0 Å². The van der Waals surface area contributed by atoms with E-state index in [1.807, 2.05) is 0 Å². The lowest BCUT2D eigenvalue weighted by atomic mass is 10.2. The van der Waals surface area contributed by atoms with Gasteiger partial charge in [-0.3, -0.25) is 0 Å². The van der Waals surface area contributed by atoms with Gasteiger partial charge in [0.2, 0.25) is 10.0 Å². The Kier molecular flexibility index (Phi) is 5.57. The highest BCUT2D eigenvalue weighted by molar-refractivity contribution is 7.89. The predicted molar refractivity (Wildman–Crippen MR) is 73.0 cm³/mol. The van der Waals surface area contributed by atoms with Crippen LogP contribution in [0.3, 0.4) is 0 Å². The number of hydrogen-bond donors (Lipinski definition) is 1. The lowest BCUT2D eigenvalue weighted by Crippen LogP contribution is -2.45. The molecule has 0 bridgehead atoms. The molecule has 0 spiro atoms. The summed E-state index contributed by atoms with van der Waals surface area (Å²) in [6.45, 7) is 1.73.